The van der Waals surface area contributed by atoms with Crippen molar-refractivity contribution in [3.05, 3.63) is 41.3 Å². The van der Waals surface area contributed by atoms with Gasteiger partial charge in [0, 0.05) is 36.7 Å². The van der Waals surface area contributed by atoms with E-state index in [9.17, 15) is 0 Å². The standard InChI is InChI=1S/C17H22N4O/c1-12-4-5-15(11-18-12)14-6-8-21(9-7-14)17-19-13(2)10-16(20-17)22-3/h4-5,10-11,14H,6-9H2,1-3H3. The number of hydrogen-bond donors (Lipinski definition) is 0. The van der Waals surface area contributed by atoms with Crippen LogP contribution in [-0.2, 0) is 0 Å². The average molecular weight is 298 g/mol. The summed E-state index contributed by atoms with van der Waals surface area (Å²) in [5, 5.41) is 0. The molecule has 22 heavy (non-hydrogen) atoms. The molecule has 3 rings (SSSR count). The van der Waals surface area contributed by atoms with Crippen LogP contribution in [0.1, 0.15) is 35.7 Å². The Morgan fingerprint density at radius 3 is 2.50 bits per heavy atom. The Balaban J connectivity index is 1.69. The maximum atomic E-state index is 5.24. The SMILES string of the molecule is COc1cc(C)nc(N2CCC(c3ccc(C)nc3)CC2)n1. The first kappa shape index (κ1) is 14.8. The summed E-state index contributed by atoms with van der Waals surface area (Å²) in [6.07, 6.45) is 4.22. The molecule has 0 aromatic carbocycles. The molecule has 5 heteroatoms. The van der Waals surface area contributed by atoms with Crippen molar-refractivity contribution in [3.8, 4) is 5.88 Å². The molecule has 1 aliphatic heterocycles. The lowest BCUT2D eigenvalue weighted by molar-refractivity contribution is 0.395. The summed E-state index contributed by atoms with van der Waals surface area (Å²) in [7, 11) is 1.64. The van der Waals surface area contributed by atoms with Crippen molar-refractivity contribution in [1.82, 2.24) is 15.0 Å². The van der Waals surface area contributed by atoms with Crippen LogP contribution in [0.5, 0.6) is 5.88 Å². The third-order valence-electron chi connectivity index (χ3n) is 4.21. The third kappa shape index (κ3) is 3.18. The molecule has 2 aromatic heterocycles. The third-order valence-corrected chi connectivity index (χ3v) is 4.21. The van der Waals surface area contributed by atoms with Gasteiger partial charge in [-0.1, -0.05) is 6.07 Å². The van der Waals surface area contributed by atoms with Crippen LogP contribution in [-0.4, -0.2) is 35.2 Å². The monoisotopic (exact) mass is 298 g/mol. The summed E-state index contributed by atoms with van der Waals surface area (Å²) >= 11 is 0. The summed E-state index contributed by atoms with van der Waals surface area (Å²) in [5.41, 5.74) is 3.35. The predicted octanol–water partition coefficient (Wildman–Crippen LogP) is 2.88. The number of ether oxygens (including phenoxy) is 1. The van der Waals surface area contributed by atoms with Crippen molar-refractivity contribution in [3.63, 3.8) is 0 Å². The minimum absolute atomic E-state index is 0.580. The van der Waals surface area contributed by atoms with Gasteiger partial charge in [-0.15, -0.1) is 0 Å². The summed E-state index contributed by atoms with van der Waals surface area (Å²) in [4.78, 5) is 15.7. The zero-order valence-electron chi connectivity index (χ0n) is 13.4. The van der Waals surface area contributed by atoms with E-state index in [1.165, 1.54) is 5.56 Å². The van der Waals surface area contributed by atoms with E-state index < -0.39 is 0 Å². The molecular weight excluding hydrogens is 276 g/mol. The van der Waals surface area contributed by atoms with Crippen LogP contribution >= 0.6 is 0 Å². The molecule has 5 nitrogen and oxygen atoms in total. The quantitative estimate of drug-likeness (QED) is 0.872. The Kier molecular flexibility index (Phi) is 4.22. The number of nitrogens with zero attached hydrogens (tertiary/aromatic N) is 4. The fraction of sp³-hybridized carbons (Fsp3) is 0.471. The number of rotatable bonds is 3. The Morgan fingerprint density at radius 2 is 1.86 bits per heavy atom. The molecule has 0 radical (unpaired) electrons. The van der Waals surface area contributed by atoms with Crippen LogP contribution in [0, 0.1) is 13.8 Å². The van der Waals surface area contributed by atoms with Gasteiger partial charge < -0.3 is 9.64 Å². The molecule has 1 aliphatic rings. The van der Waals surface area contributed by atoms with Gasteiger partial charge in [-0.05, 0) is 44.2 Å². The van der Waals surface area contributed by atoms with Gasteiger partial charge in [0.1, 0.15) is 0 Å². The van der Waals surface area contributed by atoms with Crippen LogP contribution in [0.4, 0.5) is 5.95 Å². The van der Waals surface area contributed by atoms with Gasteiger partial charge in [0.25, 0.3) is 0 Å². The lowest BCUT2D eigenvalue weighted by Gasteiger charge is -2.32. The molecule has 0 amide bonds. The summed E-state index contributed by atoms with van der Waals surface area (Å²) in [5.74, 6) is 1.99. The minimum Gasteiger partial charge on any atom is -0.481 e. The second kappa shape index (κ2) is 6.30. The van der Waals surface area contributed by atoms with Gasteiger partial charge >= 0.3 is 0 Å². The van der Waals surface area contributed by atoms with Crippen molar-refractivity contribution < 1.29 is 4.74 Å². The highest BCUT2D eigenvalue weighted by Gasteiger charge is 2.23. The number of hydrogen-bond acceptors (Lipinski definition) is 5. The Morgan fingerprint density at radius 1 is 1.09 bits per heavy atom. The van der Waals surface area contributed by atoms with Crippen molar-refractivity contribution in [2.75, 3.05) is 25.1 Å². The fourth-order valence-electron chi connectivity index (χ4n) is 2.90. The van der Waals surface area contributed by atoms with Gasteiger partial charge in [-0.2, -0.15) is 4.98 Å². The van der Waals surface area contributed by atoms with Crippen LogP contribution < -0.4 is 9.64 Å². The van der Waals surface area contributed by atoms with Gasteiger partial charge in [0.05, 0.1) is 7.11 Å². The molecule has 0 N–H and O–H groups in total. The number of piperidine rings is 1. The maximum absolute atomic E-state index is 5.24. The number of aryl methyl sites for hydroxylation is 2. The van der Waals surface area contributed by atoms with E-state index in [0.717, 1.165) is 43.3 Å². The highest BCUT2D eigenvalue weighted by Crippen LogP contribution is 2.29. The summed E-state index contributed by atoms with van der Waals surface area (Å²) < 4.78 is 5.24. The fourth-order valence-corrected chi connectivity index (χ4v) is 2.90. The molecule has 0 saturated carbocycles. The van der Waals surface area contributed by atoms with Crippen LogP contribution in [0.2, 0.25) is 0 Å². The topological polar surface area (TPSA) is 51.1 Å². The van der Waals surface area contributed by atoms with Crippen molar-refractivity contribution in [2.45, 2.75) is 32.6 Å². The number of methoxy groups -OCH3 is 1. The van der Waals surface area contributed by atoms with Gasteiger partial charge in [-0.3, -0.25) is 4.98 Å². The van der Waals surface area contributed by atoms with E-state index >= 15 is 0 Å². The first-order valence-electron chi connectivity index (χ1n) is 7.73. The summed E-state index contributed by atoms with van der Waals surface area (Å²) in [6.45, 7) is 5.92. The summed E-state index contributed by atoms with van der Waals surface area (Å²) in [6, 6.07) is 6.15. The molecular formula is C17H22N4O. The molecule has 0 aliphatic carbocycles. The average Bonchev–Trinajstić information content (AvgIpc) is 2.55. The first-order chi connectivity index (χ1) is 10.7. The molecule has 1 fully saturated rings. The van der Waals surface area contributed by atoms with E-state index in [1.54, 1.807) is 7.11 Å². The lowest BCUT2D eigenvalue weighted by atomic mass is 9.90. The maximum Gasteiger partial charge on any atom is 0.228 e. The minimum atomic E-state index is 0.580. The van der Waals surface area contributed by atoms with E-state index in [0.29, 0.717) is 11.8 Å². The predicted molar refractivity (Wildman–Crippen MR) is 86.5 cm³/mol. The van der Waals surface area contributed by atoms with Crippen LogP contribution in [0.25, 0.3) is 0 Å². The number of anilines is 1. The Bertz CT molecular complexity index is 634. The zero-order chi connectivity index (χ0) is 15.5. The van der Waals surface area contributed by atoms with Gasteiger partial charge in [0.15, 0.2) is 0 Å². The highest BCUT2D eigenvalue weighted by molar-refractivity contribution is 5.35. The number of aromatic nitrogens is 3. The molecule has 0 atom stereocenters. The van der Waals surface area contributed by atoms with Gasteiger partial charge in [-0.25, -0.2) is 4.98 Å². The molecule has 0 unspecified atom stereocenters. The first-order valence-corrected chi connectivity index (χ1v) is 7.73. The van der Waals surface area contributed by atoms with Crippen molar-refractivity contribution in [2.24, 2.45) is 0 Å². The number of pyridine rings is 1. The normalized spacial score (nSPS) is 15.9. The largest absolute Gasteiger partial charge is 0.481 e. The molecule has 3 heterocycles. The zero-order valence-corrected chi connectivity index (χ0v) is 13.4. The van der Waals surface area contributed by atoms with E-state index in [1.807, 2.05) is 26.1 Å². The molecule has 0 bridgehead atoms. The van der Waals surface area contributed by atoms with Crippen LogP contribution in [0.3, 0.4) is 0 Å². The molecule has 2 aromatic rings. The lowest BCUT2D eigenvalue weighted by Crippen LogP contribution is -2.34. The highest BCUT2D eigenvalue weighted by atomic mass is 16.5. The Hall–Kier alpha value is -2.17. The van der Waals surface area contributed by atoms with Crippen molar-refractivity contribution in [1.29, 1.82) is 0 Å². The molecule has 0 spiro atoms. The molecule has 116 valence electrons. The second-order valence-electron chi connectivity index (χ2n) is 5.85. The second-order valence-corrected chi connectivity index (χ2v) is 5.85. The smallest absolute Gasteiger partial charge is 0.228 e. The van der Waals surface area contributed by atoms with E-state index in [4.69, 9.17) is 4.74 Å². The Labute approximate surface area is 131 Å². The molecule has 1 saturated heterocycles. The van der Waals surface area contributed by atoms with Gasteiger partial charge in [0.2, 0.25) is 11.8 Å². The van der Waals surface area contributed by atoms with E-state index in [2.05, 4.69) is 32.0 Å². The van der Waals surface area contributed by atoms with Crippen molar-refractivity contribution >= 4 is 5.95 Å². The van der Waals surface area contributed by atoms with Crippen LogP contribution in [0.15, 0.2) is 24.4 Å². The van der Waals surface area contributed by atoms with E-state index in [-0.39, 0.29) is 0 Å².